The number of benzene rings is 1. The topological polar surface area (TPSA) is 63.1 Å². The van der Waals surface area contributed by atoms with E-state index in [1.54, 1.807) is 0 Å². The summed E-state index contributed by atoms with van der Waals surface area (Å²) in [6, 6.07) is 3.85. The monoisotopic (exact) mass is 276 g/mol. The second-order valence-corrected chi connectivity index (χ2v) is 3.70. The Hall–Kier alpha value is -1.89. The van der Waals surface area contributed by atoms with Gasteiger partial charge in [-0.2, -0.15) is 13.2 Å². The zero-order valence-corrected chi connectivity index (χ0v) is 9.25. The maximum absolute atomic E-state index is 12.5. The van der Waals surface area contributed by atoms with Gasteiger partial charge in [0.2, 0.25) is 5.82 Å². The van der Waals surface area contributed by atoms with Crippen molar-refractivity contribution in [1.29, 1.82) is 0 Å². The molecular weight excluding hydrogens is 273 g/mol. The van der Waals surface area contributed by atoms with E-state index < -0.39 is 23.1 Å². The molecule has 1 aromatic heterocycles. The quantitative estimate of drug-likeness (QED) is 0.813. The number of aromatic carboxylic acids is 1. The number of hydrogen-bond donors (Lipinski definition) is 1. The van der Waals surface area contributed by atoms with Gasteiger partial charge in [-0.25, -0.2) is 14.8 Å². The average molecular weight is 277 g/mol. The Kier molecular flexibility index (Phi) is 2.86. The number of carboxylic acid groups (broad SMARTS) is 1. The summed E-state index contributed by atoms with van der Waals surface area (Å²) in [5, 5.41) is 8.51. The number of rotatable bonds is 1. The van der Waals surface area contributed by atoms with Gasteiger partial charge >= 0.3 is 12.1 Å². The summed E-state index contributed by atoms with van der Waals surface area (Å²) in [5.41, 5.74) is -0.695. The van der Waals surface area contributed by atoms with Crippen LogP contribution in [0.5, 0.6) is 0 Å². The van der Waals surface area contributed by atoms with Crippen LogP contribution in [0.1, 0.15) is 16.2 Å². The Morgan fingerprint density at radius 1 is 1.28 bits per heavy atom. The highest BCUT2D eigenvalue weighted by Gasteiger charge is 2.35. The third-order valence-corrected chi connectivity index (χ3v) is 2.45. The lowest BCUT2D eigenvalue weighted by atomic mass is 10.1. The van der Waals surface area contributed by atoms with Gasteiger partial charge in [0, 0.05) is 5.39 Å². The molecule has 0 aliphatic carbocycles. The zero-order valence-electron chi connectivity index (χ0n) is 8.49. The van der Waals surface area contributed by atoms with Crippen molar-refractivity contribution in [3.05, 3.63) is 34.7 Å². The smallest absolute Gasteiger partial charge is 0.451 e. The minimum absolute atomic E-state index is 0.0598. The van der Waals surface area contributed by atoms with Gasteiger partial charge in [0.1, 0.15) is 5.15 Å². The molecule has 1 aromatic carbocycles. The largest absolute Gasteiger partial charge is 0.478 e. The fraction of sp³-hybridized carbons (Fsp3) is 0.100. The molecule has 18 heavy (non-hydrogen) atoms. The molecule has 0 aliphatic heterocycles. The summed E-state index contributed by atoms with van der Waals surface area (Å²) >= 11 is 5.60. The summed E-state index contributed by atoms with van der Waals surface area (Å²) in [5.74, 6) is -2.85. The summed E-state index contributed by atoms with van der Waals surface area (Å²) in [7, 11) is 0. The lowest BCUT2D eigenvalue weighted by molar-refractivity contribution is -0.144. The molecular formula is C10H4ClF3N2O2. The SMILES string of the molecule is O=C(O)c1cccc2c(Cl)nc(C(F)(F)F)nc12. The van der Waals surface area contributed by atoms with Gasteiger partial charge in [-0.3, -0.25) is 0 Å². The Bertz CT molecular complexity index is 643. The zero-order chi connectivity index (χ0) is 13.5. The van der Waals surface area contributed by atoms with Crippen LogP contribution in [0.15, 0.2) is 18.2 Å². The lowest BCUT2D eigenvalue weighted by Crippen LogP contribution is -2.12. The van der Waals surface area contributed by atoms with Crippen LogP contribution in [0, 0.1) is 0 Å². The number of nitrogens with zero attached hydrogens (tertiary/aromatic N) is 2. The van der Waals surface area contributed by atoms with Crippen LogP contribution < -0.4 is 0 Å². The molecule has 0 saturated heterocycles. The van der Waals surface area contributed by atoms with Gasteiger partial charge in [0.05, 0.1) is 11.1 Å². The van der Waals surface area contributed by atoms with Crippen molar-refractivity contribution in [3.63, 3.8) is 0 Å². The third-order valence-electron chi connectivity index (χ3n) is 2.16. The van der Waals surface area contributed by atoms with Crippen molar-refractivity contribution in [2.24, 2.45) is 0 Å². The predicted octanol–water partition coefficient (Wildman–Crippen LogP) is 3.00. The molecule has 0 spiro atoms. The molecule has 0 aliphatic rings. The molecule has 0 unspecified atom stereocenters. The second-order valence-electron chi connectivity index (χ2n) is 3.34. The maximum atomic E-state index is 12.5. The first kappa shape index (κ1) is 12.6. The molecule has 0 amide bonds. The van der Waals surface area contributed by atoms with E-state index in [1.807, 2.05) is 0 Å². The minimum Gasteiger partial charge on any atom is -0.478 e. The van der Waals surface area contributed by atoms with Crippen LogP contribution in [0.4, 0.5) is 13.2 Å². The van der Waals surface area contributed by atoms with E-state index in [0.717, 1.165) is 6.07 Å². The molecule has 4 nitrogen and oxygen atoms in total. The van der Waals surface area contributed by atoms with Crippen LogP contribution in [0.2, 0.25) is 5.15 Å². The van der Waals surface area contributed by atoms with Crippen LogP contribution in [0.3, 0.4) is 0 Å². The summed E-state index contributed by atoms with van der Waals surface area (Å²) in [6.07, 6.45) is -4.79. The molecule has 0 bridgehead atoms. The summed E-state index contributed by atoms with van der Waals surface area (Å²) in [4.78, 5) is 17.2. The maximum Gasteiger partial charge on any atom is 0.451 e. The van der Waals surface area contributed by atoms with Gasteiger partial charge in [0.25, 0.3) is 0 Å². The highest BCUT2D eigenvalue weighted by atomic mass is 35.5. The van der Waals surface area contributed by atoms with Crippen LogP contribution in [0.25, 0.3) is 10.9 Å². The van der Waals surface area contributed by atoms with E-state index in [0.29, 0.717) is 0 Å². The van der Waals surface area contributed by atoms with Gasteiger partial charge in [-0.15, -0.1) is 0 Å². The first-order valence-electron chi connectivity index (χ1n) is 4.57. The highest BCUT2D eigenvalue weighted by Crippen LogP contribution is 2.31. The average Bonchev–Trinajstić information content (AvgIpc) is 2.26. The Morgan fingerprint density at radius 2 is 1.94 bits per heavy atom. The van der Waals surface area contributed by atoms with Gasteiger partial charge < -0.3 is 5.11 Å². The van der Waals surface area contributed by atoms with Gasteiger partial charge in [0.15, 0.2) is 0 Å². The Labute approximate surface area is 103 Å². The summed E-state index contributed by atoms with van der Waals surface area (Å²) in [6.45, 7) is 0. The molecule has 94 valence electrons. The van der Waals surface area contributed by atoms with Crippen molar-refractivity contribution in [1.82, 2.24) is 9.97 Å². The fourth-order valence-corrected chi connectivity index (χ4v) is 1.65. The normalized spacial score (nSPS) is 11.8. The number of hydrogen-bond acceptors (Lipinski definition) is 3. The van der Waals surface area contributed by atoms with E-state index in [1.165, 1.54) is 12.1 Å². The summed E-state index contributed by atoms with van der Waals surface area (Å²) < 4.78 is 37.5. The van der Waals surface area contributed by atoms with Crippen LogP contribution in [-0.4, -0.2) is 21.0 Å². The van der Waals surface area contributed by atoms with Gasteiger partial charge in [-0.1, -0.05) is 17.7 Å². The standard InChI is InChI=1S/C10H4ClF3N2O2/c11-7-4-2-1-3-5(8(17)18)6(4)15-9(16-7)10(12,13)14/h1-3H,(H,17,18). The number of alkyl halides is 3. The van der Waals surface area contributed by atoms with Crippen molar-refractivity contribution in [3.8, 4) is 0 Å². The van der Waals surface area contributed by atoms with E-state index >= 15 is 0 Å². The molecule has 8 heteroatoms. The molecule has 1 N–H and O–H groups in total. The van der Waals surface area contributed by atoms with E-state index in [2.05, 4.69) is 9.97 Å². The molecule has 0 saturated carbocycles. The van der Waals surface area contributed by atoms with Crippen molar-refractivity contribution < 1.29 is 23.1 Å². The number of para-hydroxylation sites is 1. The predicted molar refractivity (Wildman–Crippen MR) is 56.5 cm³/mol. The van der Waals surface area contributed by atoms with Crippen molar-refractivity contribution in [2.45, 2.75) is 6.18 Å². The molecule has 2 aromatic rings. The Morgan fingerprint density at radius 3 is 2.50 bits per heavy atom. The molecule has 2 rings (SSSR count). The molecule has 1 heterocycles. The van der Waals surface area contributed by atoms with E-state index in [9.17, 15) is 18.0 Å². The number of carbonyl (C=O) groups is 1. The minimum atomic E-state index is -4.79. The number of aromatic nitrogens is 2. The van der Waals surface area contributed by atoms with Crippen LogP contribution in [-0.2, 0) is 6.18 Å². The second kappa shape index (κ2) is 4.09. The highest BCUT2D eigenvalue weighted by molar-refractivity contribution is 6.34. The fourth-order valence-electron chi connectivity index (χ4n) is 1.41. The third kappa shape index (κ3) is 2.08. The molecule has 0 radical (unpaired) electrons. The van der Waals surface area contributed by atoms with E-state index in [-0.39, 0.29) is 16.5 Å². The molecule has 0 fully saturated rings. The van der Waals surface area contributed by atoms with Crippen molar-refractivity contribution in [2.75, 3.05) is 0 Å². The van der Waals surface area contributed by atoms with E-state index in [4.69, 9.17) is 16.7 Å². The number of fused-ring (bicyclic) bond motifs is 1. The van der Waals surface area contributed by atoms with Crippen LogP contribution >= 0.6 is 11.6 Å². The lowest BCUT2D eigenvalue weighted by Gasteiger charge is -2.08. The first-order valence-corrected chi connectivity index (χ1v) is 4.95. The Balaban J connectivity index is 2.85. The number of carboxylic acids is 1. The molecule has 0 atom stereocenters. The number of halogens is 4. The first-order chi connectivity index (χ1) is 8.30. The van der Waals surface area contributed by atoms with Gasteiger partial charge in [-0.05, 0) is 12.1 Å². The van der Waals surface area contributed by atoms with Crippen molar-refractivity contribution >= 4 is 28.5 Å².